The number of hydrogen-bond acceptors (Lipinski definition) is 3. The maximum absolute atomic E-state index is 12.6. The van der Waals surface area contributed by atoms with Crippen LogP contribution in [0, 0.1) is 11.8 Å². The lowest BCUT2D eigenvalue weighted by molar-refractivity contribution is -0.132. The van der Waals surface area contributed by atoms with Crippen LogP contribution >= 0.6 is 0 Å². The Morgan fingerprint density at radius 3 is 2.43 bits per heavy atom. The Labute approximate surface area is 170 Å². The van der Waals surface area contributed by atoms with Crippen LogP contribution in [0.1, 0.15) is 57.9 Å². The van der Waals surface area contributed by atoms with Crippen LogP contribution in [0.2, 0.25) is 0 Å². The molecule has 0 saturated heterocycles. The second-order valence-corrected chi connectivity index (χ2v) is 8.43. The summed E-state index contributed by atoms with van der Waals surface area (Å²) in [4.78, 5) is 27.4. The lowest BCUT2D eigenvalue weighted by Crippen LogP contribution is -2.51. The third kappa shape index (κ3) is 7.63. The molecular weight excluding hydrogens is 350 g/mol. The SMILES string of the molecule is CC(C)[C@@H](NC(=O)C1CCCCC1)C(=O)NCCCN(C)Cc1ccccc1. The average Bonchev–Trinajstić information content (AvgIpc) is 2.70. The van der Waals surface area contributed by atoms with Crippen LogP contribution in [0.25, 0.3) is 0 Å². The Kier molecular flexibility index (Phi) is 9.48. The molecule has 5 nitrogen and oxygen atoms in total. The smallest absolute Gasteiger partial charge is 0.242 e. The van der Waals surface area contributed by atoms with Crippen molar-refractivity contribution in [3.05, 3.63) is 35.9 Å². The van der Waals surface area contributed by atoms with Gasteiger partial charge in [0.25, 0.3) is 0 Å². The van der Waals surface area contributed by atoms with E-state index in [9.17, 15) is 9.59 Å². The van der Waals surface area contributed by atoms with Crippen LogP contribution in [-0.2, 0) is 16.1 Å². The van der Waals surface area contributed by atoms with Crippen molar-refractivity contribution in [2.75, 3.05) is 20.1 Å². The first-order chi connectivity index (χ1) is 13.5. The zero-order chi connectivity index (χ0) is 20.4. The first kappa shape index (κ1) is 22.4. The molecule has 0 radical (unpaired) electrons. The molecule has 2 rings (SSSR count). The molecule has 1 aromatic carbocycles. The minimum Gasteiger partial charge on any atom is -0.354 e. The van der Waals surface area contributed by atoms with Crippen molar-refractivity contribution >= 4 is 11.8 Å². The largest absolute Gasteiger partial charge is 0.354 e. The molecule has 1 saturated carbocycles. The van der Waals surface area contributed by atoms with Gasteiger partial charge in [-0.05, 0) is 44.3 Å². The Balaban J connectivity index is 1.70. The van der Waals surface area contributed by atoms with Crippen LogP contribution in [-0.4, -0.2) is 42.9 Å². The normalized spacial score (nSPS) is 16.2. The number of benzene rings is 1. The summed E-state index contributed by atoms with van der Waals surface area (Å²) in [6.45, 7) is 6.41. The molecule has 1 aliphatic carbocycles. The topological polar surface area (TPSA) is 61.4 Å². The first-order valence-corrected chi connectivity index (χ1v) is 10.8. The van der Waals surface area contributed by atoms with Gasteiger partial charge in [0.05, 0.1) is 0 Å². The molecule has 156 valence electrons. The summed E-state index contributed by atoms with van der Waals surface area (Å²) in [5.41, 5.74) is 1.29. The summed E-state index contributed by atoms with van der Waals surface area (Å²) in [6, 6.07) is 9.93. The van der Waals surface area contributed by atoms with Gasteiger partial charge in [0.2, 0.25) is 11.8 Å². The average molecular weight is 388 g/mol. The Morgan fingerprint density at radius 1 is 1.11 bits per heavy atom. The Morgan fingerprint density at radius 2 is 1.79 bits per heavy atom. The maximum atomic E-state index is 12.6. The van der Waals surface area contributed by atoms with Gasteiger partial charge in [-0.25, -0.2) is 0 Å². The van der Waals surface area contributed by atoms with Crippen LogP contribution in [0.5, 0.6) is 0 Å². The summed E-state index contributed by atoms with van der Waals surface area (Å²) < 4.78 is 0. The van der Waals surface area contributed by atoms with Gasteiger partial charge in [-0.2, -0.15) is 0 Å². The van der Waals surface area contributed by atoms with Gasteiger partial charge in [-0.1, -0.05) is 63.4 Å². The van der Waals surface area contributed by atoms with Crippen molar-refractivity contribution in [1.82, 2.24) is 15.5 Å². The minimum absolute atomic E-state index is 0.0520. The fraction of sp³-hybridized carbons (Fsp3) is 0.652. The second kappa shape index (κ2) is 11.8. The lowest BCUT2D eigenvalue weighted by atomic mass is 9.88. The van der Waals surface area contributed by atoms with E-state index in [2.05, 4.69) is 46.8 Å². The van der Waals surface area contributed by atoms with E-state index in [1.165, 1.54) is 12.0 Å². The predicted octanol–water partition coefficient (Wildman–Crippen LogP) is 3.35. The Bertz CT molecular complexity index is 597. The molecule has 0 bridgehead atoms. The Hall–Kier alpha value is -1.88. The molecule has 1 aliphatic rings. The van der Waals surface area contributed by atoms with E-state index in [1.807, 2.05) is 19.9 Å². The molecule has 1 fully saturated rings. The number of amides is 2. The highest BCUT2D eigenvalue weighted by Crippen LogP contribution is 2.24. The van der Waals surface area contributed by atoms with E-state index in [0.29, 0.717) is 6.54 Å². The molecule has 2 N–H and O–H groups in total. The number of hydrogen-bond donors (Lipinski definition) is 2. The maximum Gasteiger partial charge on any atom is 0.242 e. The van der Waals surface area contributed by atoms with Gasteiger partial charge < -0.3 is 15.5 Å². The third-order valence-electron chi connectivity index (χ3n) is 5.53. The van der Waals surface area contributed by atoms with E-state index in [1.54, 1.807) is 0 Å². The van der Waals surface area contributed by atoms with Crippen LogP contribution in [0.15, 0.2) is 30.3 Å². The lowest BCUT2D eigenvalue weighted by Gasteiger charge is -2.26. The molecule has 2 amide bonds. The molecule has 0 spiro atoms. The van der Waals surface area contributed by atoms with Crippen molar-refractivity contribution in [1.29, 1.82) is 0 Å². The fourth-order valence-electron chi connectivity index (χ4n) is 3.82. The van der Waals surface area contributed by atoms with E-state index in [4.69, 9.17) is 0 Å². The molecule has 5 heteroatoms. The van der Waals surface area contributed by atoms with Gasteiger partial charge in [-0.3, -0.25) is 9.59 Å². The molecule has 0 aliphatic heterocycles. The molecule has 1 atom stereocenters. The number of carbonyl (C=O) groups is 2. The highest BCUT2D eigenvalue weighted by molar-refractivity contribution is 5.88. The molecular formula is C23H37N3O2. The predicted molar refractivity (Wildman–Crippen MR) is 114 cm³/mol. The summed E-state index contributed by atoms with van der Waals surface area (Å²) >= 11 is 0. The van der Waals surface area contributed by atoms with E-state index in [0.717, 1.165) is 45.2 Å². The van der Waals surface area contributed by atoms with Crippen LogP contribution in [0.4, 0.5) is 0 Å². The number of rotatable bonds is 10. The number of nitrogens with one attached hydrogen (secondary N) is 2. The van der Waals surface area contributed by atoms with Crippen molar-refractivity contribution in [3.8, 4) is 0 Å². The fourth-order valence-corrected chi connectivity index (χ4v) is 3.82. The summed E-state index contributed by atoms with van der Waals surface area (Å²) in [5, 5.41) is 6.02. The molecule has 0 unspecified atom stereocenters. The van der Waals surface area contributed by atoms with Gasteiger partial charge in [-0.15, -0.1) is 0 Å². The standard InChI is InChI=1S/C23H37N3O2/c1-18(2)21(25-22(27)20-13-8-5-9-14-20)23(28)24-15-10-16-26(3)17-19-11-6-4-7-12-19/h4,6-7,11-12,18,20-21H,5,8-10,13-17H2,1-3H3,(H,24,28)(H,25,27)/t21-/m1/s1. The summed E-state index contributed by atoms with van der Waals surface area (Å²) in [5.74, 6) is 0.142. The van der Waals surface area contributed by atoms with Gasteiger partial charge >= 0.3 is 0 Å². The van der Waals surface area contributed by atoms with E-state index >= 15 is 0 Å². The van der Waals surface area contributed by atoms with Crippen molar-refractivity contribution in [3.63, 3.8) is 0 Å². The monoisotopic (exact) mass is 387 g/mol. The number of carbonyl (C=O) groups excluding carboxylic acids is 2. The van der Waals surface area contributed by atoms with Gasteiger partial charge in [0.1, 0.15) is 6.04 Å². The third-order valence-corrected chi connectivity index (χ3v) is 5.53. The van der Waals surface area contributed by atoms with Crippen molar-refractivity contribution in [2.24, 2.45) is 11.8 Å². The van der Waals surface area contributed by atoms with Gasteiger partial charge in [0, 0.05) is 19.0 Å². The van der Waals surface area contributed by atoms with Crippen molar-refractivity contribution in [2.45, 2.75) is 65.0 Å². The zero-order valence-corrected chi connectivity index (χ0v) is 17.7. The van der Waals surface area contributed by atoms with Crippen LogP contribution < -0.4 is 10.6 Å². The minimum atomic E-state index is -0.448. The van der Waals surface area contributed by atoms with Crippen LogP contribution in [0.3, 0.4) is 0 Å². The molecule has 1 aromatic rings. The van der Waals surface area contributed by atoms with Crippen molar-refractivity contribution < 1.29 is 9.59 Å². The van der Waals surface area contributed by atoms with E-state index in [-0.39, 0.29) is 23.7 Å². The quantitative estimate of drug-likeness (QED) is 0.605. The molecule has 28 heavy (non-hydrogen) atoms. The molecule has 0 heterocycles. The first-order valence-electron chi connectivity index (χ1n) is 10.8. The summed E-state index contributed by atoms with van der Waals surface area (Å²) in [6.07, 6.45) is 6.24. The van der Waals surface area contributed by atoms with E-state index < -0.39 is 6.04 Å². The second-order valence-electron chi connectivity index (χ2n) is 8.43. The number of nitrogens with zero attached hydrogens (tertiary/aromatic N) is 1. The summed E-state index contributed by atoms with van der Waals surface area (Å²) in [7, 11) is 2.09. The highest BCUT2D eigenvalue weighted by Gasteiger charge is 2.28. The molecule has 0 aromatic heterocycles. The van der Waals surface area contributed by atoms with Gasteiger partial charge in [0.15, 0.2) is 0 Å². The highest BCUT2D eigenvalue weighted by atomic mass is 16.2. The zero-order valence-electron chi connectivity index (χ0n) is 17.7.